The van der Waals surface area contributed by atoms with E-state index >= 15 is 0 Å². The Morgan fingerprint density at radius 3 is 2.29 bits per heavy atom. The first-order valence-corrected chi connectivity index (χ1v) is 11.4. The predicted octanol–water partition coefficient (Wildman–Crippen LogP) is 5.20. The second-order valence-corrected chi connectivity index (χ2v) is 11.2. The van der Waals surface area contributed by atoms with Gasteiger partial charge in [0.15, 0.2) is 0 Å². The van der Waals surface area contributed by atoms with E-state index in [1.807, 2.05) is 24.5 Å². The number of rotatable bonds is 7. The molecule has 2 rings (SSSR count). The molecule has 0 bridgehead atoms. The van der Waals surface area contributed by atoms with Crippen molar-refractivity contribution >= 4 is 36.9 Å². The van der Waals surface area contributed by atoms with Crippen LogP contribution in [-0.4, -0.2) is 41.8 Å². The number of alkyl halides is 3. The van der Waals surface area contributed by atoms with Crippen LogP contribution < -0.4 is 0 Å². The van der Waals surface area contributed by atoms with Crippen LogP contribution in [0.2, 0.25) is 0 Å². The van der Waals surface area contributed by atoms with Crippen molar-refractivity contribution < 1.29 is 21.6 Å². The van der Waals surface area contributed by atoms with Gasteiger partial charge in [0.1, 0.15) is 6.04 Å². The molecule has 0 aliphatic carbocycles. The van der Waals surface area contributed by atoms with E-state index < -0.39 is 33.9 Å². The van der Waals surface area contributed by atoms with Crippen LogP contribution in [0.4, 0.5) is 13.2 Å². The molecule has 0 N–H and O–H groups in total. The maximum atomic E-state index is 13.8. The Bertz CT molecular complexity index is 937. The molecule has 0 aliphatic heterocycles. The van der Waals surface area contributed by atoms with Crippen molar-refractivity contribution in [3.8, 4) is 0 Å². The standard InChI is InChI=1S/C19H26BrF3N2O2S/c1-12(2)10-25-11-14(16-7-6-15(20)9-17(16)25)8-18(19(21,22)23)24(5)28(26,27)13(3)4/h6-7,9,11-13,18H,8,10H2,1-5H3. The summed E-state index contributed by atoms with van der Waals surface area (Å²) in [4.78, 5) is 0. The van der Waals surface area contributed by atoms with Crippen molar-refractivity contribution in [2.24, 2.45) is 5.92 Å². The second kappa shape index (κ2) is 8.36. The third-order valence-corrected chi connectivity index (χ3v) is 7.46. The summed E-state index contributed by atoms with van der Waals surface area (Å²) >= 11 is 3.41. The molecule has 28 heavy (non-hydrogen) atoms. The van der Waals surface area contributed by atoms with E-state index in [1.54, 1.807) is 18.3 Å². The molecule has 158 valence electrons. The Morgan fingerprint density at radius 2 is 1.79 bits per heavy atom. The zero-order valence-corrected chi connectivity index (χ0v) is 19.0. The van der Waals surface area contributed by atoms with E-state index in [9.17, 15) is 21.6 Å². The predicted molar refractivity (Wildman–Crippen MR) is 110 cm³/mol. The van der Waals surface area contributed by atoms with Gasteiger partial charge in [-0.2, -0.15) is 17.5 Å². The first-order chi connectivity index (χ1) is 12.7. The van der Waals surface area contributed by atoms with Gasteiger partial charge in [0.25, 0.3) is 0 Å². The van der Waals surface area contributed by atoms with Crippen molar-refractivity contribution in [1.82, 2.24) is 8.87 Å². The Morgan fingerprint density at radius 1 is 1.18 bits per heavy atom. The molecule has 1 heterocycles. The normalized spacial score (nSPS) is 14.6. The molecule has 4 nitrogen and oxygen atoms in total. The molecule has 1 atom stereocenters. The number of hydrogen-bond acceptors (Lipinski definition) is 2. The van der Waals surface area contributed by atoms with Crippen LogP contribution in [0.5, 0.6) is 0 Å². The van der Waals surface area contributed by atoms with Gasteiger partial charge >= 0.3 is 6.18 Å². The first-order valence-electron chi connectivity index (χ1n) is 9.06. The van der Waals surface area contributed by atoms with Gasteiger partial charge in [0.05, 0.1) is 5.25 Å². The Balaban J connectivity index is 2.55. The molecule has 1 aromatic heterocycles. The monoisotopic (exact) mass is 482 g/mol. The van der Waals surface area contributed by atoms with Gasteiger partial charge in [0, 0.05) is 35.2 Å². The molecule has 0 spiro atoms. The number of halogens is 4. The largest absolute Gasteiger partial charge is 0.405 e. The van der Waals surface area contributed by atoms with Gasteiger partial charge in [0.2, 0.25) is 10.0 Å². The molecule has 1 aromatic carbocycles. The summed E-state index contributed by atoms with van der Waals surface area (Å²) in [7, 11) is -3.04. The molecule has 0 amide bonds. The molecule has 0 fully saturated rings. The Labute approximate surface area is 172 Å². The molecule has 0 saturated heterocycles. The maximum absolute atomic E-state index is 13.8. The lowest BCUT2D eigenvalue weighted by molar-refractivity contribution is -0.168. The highest BCUT2D eigenvalue weighted by molar-refractivity contribution is 9.10. The third-order valence-electron chi connectivity index (χ3n) is 4.72. The molecule has 0 saturated carbocycles. The van der Waals surface area contributed by atoms with Crippen LogP contribution in [0.15, 0.2) is 28.9 Å². The van der Waals surface area contributed by atoms with Gasteiger partial charge in [-0.05, 0) is 43.9 Å². The summed E-state index contributed by atoms with van der Waals surface area (Å²) in [6, 6.07) is 3.30. The van der Waals surface area contributed by atoms with E-state index in [2.05, 4.69) is 15.9 Å². The minimum atomic E-state index is -4.68. The van der Waals surface area contributed by atoms with Gasteiger partial charge < -0.3 is 4.57 Å². The van der Waals surface area contributed by atoms with Crippen molar-refractivity contribution in [3.63, 3.8) is 0 Å². The fraction of sp³-hybridized carbons (Fsp3) is 0.579. The highest BCUT2D eigenvalue weighted by Gasteiger charge is 2.47. The van der Waals surface area contributed by atoms with Crippen LogP contribution in [0, 0.1) is 5.92 Å². The summed E-state index contributed by atoms with van der Waals surface area (Å²) in [5.74, 6) is 0.310. The van der Waals surface area contributed by atoms with E-state index in [0.717, 1.165) is 17.0 Å². The quantitative estimate of drug-likeness (QED) is 0.543. The lowest BCUT2D eigenvalue weighted by Crippen LogP contribution is -2.49. The van der Waals surface area contributed by atoms with Crippen LogP contribution in [0.25, 0.3) is 10.9 Å². The minimum Gasteiger partial charge on any atom is -0.347 e. The highest BCUT2D eigenvalue weighted by atomic mass is 79.9. The first kappa shape index (κ1) is 23.2. The van der Waals surface area contributed by atoms with Gasteiger partial charge in [-0.1, -0.05) is 35.8 Å². The summed E-state index contributed by atoms with van der Waals surface area (Å²) in [5, 5.41) is -0.228. The van der Waals surface area contributed by atoms with Crippen LogP contribution in [-0.2, 0) is 23.0 Å². The number of likely N-dealkylation sites (N-methyl/N-ethyl adjacent to an activating group) is 1. The number of hydrogen-bond donors (Lipinski definition) is 0. The lowest BCUT2D eigenvalue weighted by Gasteiger charge is -2.30. The Kier molecular flexibility index (Phi) is 6.93. The number of fused-ring (bicyclic) bond motifs is 1. The summed E-state index contributed by atoms with van der Waals surface area (Å²) in [6.45, 7) is 7.48. The molecular formula is C19H26BrF3N2O2S. The van der Waals surface area contributed by atoms with Crippen molar-refractivity contribution in [1.29, 1.82) is 0 Å². The lowest BCUT2D eigenvalue weighted by atomic mass is 10.0. The summed E-state index contributed by atoms with van der Waals surface area (Å²) in [5.41, 5.74) is 1.31. The van der Waals surface area contributed by atoms with E-state index in [-0.39, 0.29) is 0 Å². The van der Waals surface area contributed by atoms with Gasteiger partial charge in [-0.3, -0.25) is 0 Å². The van der Waals surface area contributed by atoms with Crippen LogP contribution in [0.1, 0.15) is 33.3 Å². The highest BCUT2D eigenvalue weighted by Crippen LogP contribution is 2.33. The van der Waals surface area contributed by atoms with Gasteiger partial charge in [-0.25, -0.2) is 8.42 Å². The van der Waals surface area contributed by atoms with E-state index in [4.69, 9.17) is 0 Å². The van der Waals surface area contributed by atoms with Crippen molar-refractivity contribution in [2.75, 3.05) is 7.05 Å². The maximum Gasteiger partial charge on any atom is 0.405 e. The molecule has 9 heteroatoms. The fourth-order valence-corrected chi connectivity index (χ4v) is 4.78. The van der Waals surface area contributed by atoms with Crippen molar-refractivity contribution in [2.45, 2.75) is 58.1 Å². The number of aromatic nitrogens is 1. The molecule has 0 radical (unpaired) electrons. The zero-order chi connectivity index (χ0) is 21.4. The summed E-state index contributed by atoms with van der Waals surface area (Å²) < 4.78 is 69.4. The van der Waals surface area contributed by atoms with E-state index in [0.29, 0.717) is 27.7 Å². The topological polar surface area (TPSA) is 42.3 Å². The van der Waals surface area contributed by atoms with Gasteiger partial charge in [-0.15, -0.1) is 0 Å². The summed E-state index contributed by atoms with van der Waals surface area (Å²) in [6.07, 6.45) is -3.40. The van der Waals surface area contributed by atoms with Crippen molar-refractivity contribution in [3.05, 3.63) is 34.4 Å². The minimum absolute atomic E-state index is 0.310. The molecule has 2 aromatic rings. The molecule has 0 aliphatic rings. The molecular weight excluding hydrogens is 457 g/mol. The fourth-order valence-electron chi connectivity index (χ4n) is 3.22. The number of sulfonamides is 1. The average molecular weight is 483 g/mol. The number of nitrogens with zero attached hydrogens (tertiary/aromatic N) is 2. The zero-order valence-electron chi connectivity index (χ0n) is 16.6. The SMILES string of the molecule is CC(C)Cn1cc(CC(N(C)S(=O)(=O)C(C)C)C(F)(F)F)c2ccc(Br)cc21. The average Bonchev–Trinajstić information content (AvgIpc) is 2.86. The smallest absolute Gasteiger partial charge is 0.347 e. The second-order valence-electron chi connectivity index (χ2n) is 7.73. The van der Waals surface area contributed by atoms with Crippen LogP contribution >= 0.6 is 15.9 Å². The van der Waals surface area contributed by atoms with E-state index in [1.165, 1.54) is 13.8 Å². The molecule has 1 unspecified atom stereocenters. The van der Waals surface area contributed by atoms with Crippen LogP contribution in [0.3, 0.4) is 0 Å². The Hall–Kier alpha value is -1.06. The number of benzene rings is 1. The third kappa shape index (κ3) is 4.91.